The van der Waals surface area contributed by atoms with E-state index in [0.29, 0.717) is 12.0 Å². The molecule has 15 heavy (non-hydrogen) atoms. The third-order valence-corrected chi connectivity index (χ3v) is 3.76. The van der Waals surface area contributed by atoms with Gasteiger partial charge in [-0.1, -0.05) is 18.7 Å². The van der Waals surface area contributed by atoms with Crippen LogP contribution in [0.2, 0.25) is 0 Å². The van der Waals surface area contributed by atoms with Crippen LogP contribution in [0, 0.1) is 5.92 Å². The number of thioether (sulfide) groups is 1. The van der Waals surface area contributed by atoms with Crippen LogP contribution < -0.4 is 5.32 Å². The summed E-state index contributed by atoms with van der Waals surface area (Å²) >= 11 is 1.70. The second kappa shape index (κ2) is 5.39. The zero-order valence-corrected chi connectivity index (χ0v) is 10.6. The van der Waals surface area contributed by atoms with E-state index in [2.05, 4.69) is 24.2 Å². The van der Waals surface area contributed by atoms with Crippen LogP contribution in [0.15, 0.2) is 4.99 Å². The van der Waals surface area contributed by atoms with Gasteiger partial charge in [-0.2, -0.15) is 0 Å². The molecular weight excluding hydrogens is 210 g/mol. The zero-order valence-electron chi connectivity index (χ0n) is 9.78. The Balaban J connectivity index is 2.44. The quantitative estimate of drug-likeness (QED) is 0.761. The summed E-state index contributed by atoms with van der Waals surface area (Å²) in [5.41, 5.74) is 0. The normalized spacial score (nSPS) is 28.7. The van der Waals surface area contributed by atoms with Crippen LogP contribution in [-0.2, 0) is 4.79 Å². The van der Waals surface area contributed by atoms with Gasteiger partial charge in [0, 0.05) is 25.9 Å². The van der Waals surface area contributed by atoms with Crippen LogP contribution in [0.3, 0.4) is 0 Å². The van der Waals surface area contributed by atoms with Crippen molar-refractivity contribution >= 4 is 22.8 Å². The molecule has 0 aromatic carbocycles. The van der Waals surface area contributed by atoms with Crippen LogP contribution >= 0.6 is 11.8 Å². The maximum atomic E-state index is 11.3. The molecule has 2 atom stereocenters. The van der Waals surface area contributed by atoms with Gasteiger partial charge in [0.1, 0.15) is 6.54 Å². The van der Waals surface area contributed by atoms with Gasteiger partial charge in [0.15, 0.2) is 5.17 Å². The van der Waals surface area contributed by atoms with E-state index in [4.69, 9.17) is 0 Å². The van der Waals surface area contributed by atoms with Gasteiger partial charge in [0.25, 0.3) is 0 Å². The van der Waals surface area contributed by atoms with Crippen molar-refractivity contribution in [2.24, 2.45) is 10.9 Å². The molecule has 2 unspecified atom stereocenters. The van der Waals surface area contributed by atoms with Gasteiger partial charge >= 0.3 is 0 Å². The van der Waals surface area contributed by atoms with Crippen LogP contribution in [0.1, 0.15) is 13.8 Å². The second-order valence-corrected chi connectivity index (χ2v) is 5.14. The molecule has 1 aliphatic heterocycles. The van der Waals surface area contributed by atoms with E-state index in [-0.39, 0.29) is 12.5 Å². The number of amidine groups is 1. The van der Waals surface area contributed by atoms with Crippen LogP contribution in [0.5, 0.6) is 0 Å². The molecule has 1 fully saturated rings. The Labute approximate surface area is 95.5 Å². The van der Waals surface area contributed by atoms with E-state index in [9.17, 15) is 4.79 Å². The lowest BCUT2D eigenvalue weighted by molar-refractivity contribution is -0.127. The lowest BCUT2D eigenvalue weighted by Gasteiger charge is -2.28. The zero-order chi connectivity index (χ0) is 11.4. The monoisotopic (exact) mass is 229 g/mol. The highest BCUT2D eigenvalue weighted by molar-refractivity contribution is 8.13. The number of hydrogen-bond donors (Lipinski definition) is 1. The van der Waals surface area contributed by atoms with E-state index in [0.717, 1.165) is 10.9 Å². The van der Waals surface area contributed by atoms with Crippen molar-refractivity contribution in [2.75, 3.05) is 26.4 Å². The molecule has 0 aromatic heterocycles. The molecule has 0 radical (unpaired) electrons. The molecule has 86 valence electrons. The number of rotatable bonds is 2. The van der Waals surface area contributed by atoms with Crippen LogP contribution in [0.25, 0.3) is 0 Å². The average Bonchev–Trinajstić information content (AvgIpc) is 2.19. The number of carbonyl (C=O) groups is 1. The van der Waals surface area contributed by atoms with Crippen molar-refractivity contribution in [3.63, 3.8) is 0 Å². The largest absolute Gasteiger partial charge is 0.362 e. The molecule has 1 N–H and O–H groups in total. The van der Waals surface area contributed by atoms with Gasteiger partial charge in [0.2, 0.25) is 5.91 Å². The van der Waals surface area contributed by atoms with Crippen molar-refractivity contribution in [1.82, 2.24) is 10.2 Å². The molecule has 0 spiro atoms. The van der Waals surface area contributed by atoms with Crippen molar-refractivity contribution < 1.29 is 4.79 Å². The number of likely N-dealkylation sites (N-methyl/N-ethyl adjacent to an activating group) is 1. The Morgan fingerprint density at radius 3 is 2.80 bits per heavy atom. The maximum absolute atomic E-state index is 11.3. The number of nitrogens with zero attached hydrogens (tertiary/aromatic N) is 2. The van der Waals surface area contributed by atoms with Crippen LogP contribution in [0.4, 0.5) is 0 Å². The summed E-state index contributed by atoms with van der Waals surface area (Å²) in [6, 6.07) is 0.444. The average molecular weight is 229 g/mol. The van der Waals surface area contributed by atoms with Gasteiger partial charge < -0.3 is 10.2 Å². The van der Waals surface area contributed by atoms with Crippen molar-refractivity contribution in [1.29, 1.82) is 0 Å². The van der Waals surface area contributed by atoms with E-state index in [1.807, 2.05) is 0 Å². The number of aliphatic imine (C=N–C) groups is 1. The molecule has 1 rings (SSSR count). The molecule has 0 aliphatic carbocycles. The standard InChI is InChI=1S/C10H19N3OS/c1-7-6-15-10(12-8(7)2)11-5-9(14)13(3)4/h7-8H,5-6H2,1-4H3,(H,11,12). The Hall–Kier alpha value is -0.710. The first-order chi connectivity index (χ1) is 7.00. The Morgan fingerprint density at radius 1 is 1.60 bits per heavy atom. The minimum atomic E-state index is 0.0381. The summed E-state index contributed by atoms with van der Waals surface area (Å²) in [5.74, 6) is 1.76. The van der Waals surface area contributed by atoms with Gasteiger partial charge in [-0.15, -0.1) is 0 Å². The third-order valence-electron chi connectivity index (χ3n) is 2.54. The fourth-order valence-electron chi connectivity index (χ4n) is 1.11. The topological polar surface area (TPSA) is 44.7 Å². The first-order valence-corrected chi connectivity index (χ1v) is 6.13. The van der Waals surface area contributed by atoms with E-state index in [1.165, 1.54) is 0 Å². The number of carbonyl (C=O) groups excluding carboxylic acids is 1. The minimum absolute atomic E-state index is 0.0381. The smallest absolute Gasteiger partial charge is 0.243 e. The minimum Gasteiger partial charge on any atom is -0.362 e. The van der Waals surface area contributed by atoms with Crippen LogP contribution in [-0.4, -0.2) is 48.4 Å². The third kappa shape index (κ3) is 3.74. The predicted molar refractivity (Wildman–Crippen MR) is 65.2 cm³/mol. The van der Waals surface area contributed by atoms with Gasteiger partial charge in [-0.25, -0.2) is 0 Å². The highest BCUT2D eigenvalue weighted by Gasteiger charge is 2.20. The summed E-state index contributed by atoms with van der Waals surface area (Å²) in [6.45, 7) is 4.60. The van der Waals surface area contributed by atoms with Gasteiger partial charge in [-0.05, 0) is 12.8 Å². The Morgan fingerprint density at radius 2 is 2.27 bits per heavy atom. The molecule has 1 saturated heterocycles. The molecule has 0 aromatic rings. The van der Waals surface area contributed by atoms with Crippen molar-refractivity contribution in [3.05, 3.63) is 0 Å². The number of hydrogen-bond acceptors (Lipinski definition) is 3. The highest BCUT2D eigenvalue weighted by atomic mass is 32.2. The Kier molecular flexibility index (Phi) is 4.45. The summed E-state index contributed by atoms with van der Waals surface area (Å²) in [5, 5.41) is 4.20. The first kappa shape index (κ1) is 12.4. The molecule has 0 saturated carbocycles. The molecule has 0 bridgehead atoms. The fourth-order valence-corrected chi connectivity index (χ4v) is 2.24. The predicted octanol–water partition coefficient (Wildman–Crippen LogP) is 0.792. The SMILES string of the molecule is CC1CSC(=NCC(=O)N(C)C)NC1C. The summed E-state index contributed by atoms with van der Waals surface area (Å²) in [6.07, 6.45) is 0. The fraction of sp³-hybridized carbons (Fsp3) is 0.800. The molecule has 1 amide bonds. The van der Waals surface area contributed by atoms with Gasteiger partial charge in [0.05, 0.1) is 0 Å². The van der Waals surface area contributed by atoms with E-state index in [1.54, 1.807) is 30.8 Å². The molecule has 1 heterocycles. The summed E-state index contributed by atoms with van der Waals surface area (Å²) < 4.78 is 0. The highest BCUT2D eigenvalue weighted by Crippen LogP contribution is 2.18. The van der Waals surface area contributed by atoms with E-state index >= 15 is 0 Å². The Bertz CT molecular complexity index is 265. The lowest BCUT2D eigenvalue weighted by Crippen LogP contribution is -2.41. The molecule has 1 aliphatic rings. The van der Waals surface area contributed by atoms with E-state index < -0.39 is 0 Å². The summed E-state index contributed by atoms with van der Waals surface area (Å²) in [4.78, 5) is 17.1. The maximum Gasteiger partial charge on any atom is 0.243 e. The number of amides is 1. The number of nitrogens with one attached hydrogen (secondary N) is 1. The summed E-state index contributed by atoms with van der Waals surface area (Å²) in [7, 11) is 3.49. The van der Waals surface area contributed by atoms with Crippen molar-refractivity contribution in [2.45, 2.75) is 19.9 Å². The molecule has 5 heteroatoms. The first-order valence-electron chi connectivity index (χ1n) is 5.14. The van der Waals surface area contributed by atoms with Crippen molar-refractivity contribution in [3.8, 4) is 0 Å². The van der Waals surface area contributed by atoms with Gasteiger partial charge in [-0.3, -0.25) is 9.79 Å². The lowest BCUT2D eigenvalue weighted by atomic mass is 10.1. The molecular formula is C10H19N3OS. The second-order valence-electron chi connectivity index (χ2n) is 4.13. The molecule has 4 nitrogen and oxygen atoms in total.